The van der Waals surface area contributed by atoms with Crippen molar-refractivity contribution in [3.05, 3.63) is 24.3 Å². The average molecular weight is 262 g/mol. The molecule has 0 aliphatic carbocycles. The Morgan fingerprint density at radius 3 is 2.68 bits per heavy atom. The largest absolute Gasteiger partial charge is 0.489 e. The molecule has 1 aliphatic rings. The molecule has 1 aromatic carbocycles. The molecule has 0 unspecified atom stereocenters. The van der Waals surface area contributed by atoms with Gasteiger partial charge in [0.1, 0.15) is 5.75 Å². The predicted molar refractivity (Wildman–Crippen MR) is 76.5 cm³/mol. The number of para-hydroxylation sites is 2. The van der Waals surface area contributed by atoms with Crippen molar-refractivity contribution in [2.75, 3.05) is 25.0 Å². The highest BCUT2D eigenvalue weighted by Gasteiger charge is 2.16. The van der Waals surface area contributed by atoms with Gasteiger partial charge in [-0.15, -0.1) is 0 Å². The van der Waals surface area contributed by atoms with Crippen LogP contribution in [0.5, 0.6) is 5.75 Å². The van der Waals surface area contributed by atoms with Crippen LogP contribution in [0.3, 0.4) is 0 Å². The number of nitrogens with one attached hydrogen (secondary N) is 1. The fourth-order valence-electron chi connectivity index (χ4n) is 2.26. The molecule has 1 fully saturated rings. The number of carbonyl (C=O) groups excluding carboxylic acids is 1. The van der Waals surface area contributed by atoms with Crippen molar-refractivity contribution >= 4 is 11.6 Å². The van der Waals surface area contributed by atoms with Crippen molar-refractivity contribution in [2.24, 2.45) is 0 Å². The molecule has 2 rings (SSSR count). The topological polar surface area (TPSA) is 41.6 Å². The molecule has 0 bridgehead atoms. The summed E-state index contributed by atoms with van der Waals surface area (Å²) in [5.74, 6) is 0.758. The van der Waals surface area contributed by atoms with Crippen LogP contribution in [0.2, 0.25) is 0 Å². The Hall–Kier alpha value is -1.55. The highest BCUT2D eigenvalue weighted by molar-refractivity contribution is 5.93. The van der Waals surface area contributed by atoms with E-state index in [1.807, 2.05) is 38.1 Å². The Morgan fingerprint density at radius 1 is 1.32 bits per heavy atom. The maximum atomic E-state index is 12.0. The molecule has 1 heterocycles. The minimum Gasteiger partial charge on any atom is -0.489 e. The lowest BCUT2D eigenvalue weighted by atomic mass is 10.3. The van der Waals surface area contributed by atoms with Gasteiger partial charge in [0.25, 0.3) is 0 Å². The second kappa shape index (κ2) is 6.57. The molecule has 19 heavy (non-hydrogen) atoms. The first-order valence-electron chi connectivity index (χ1n) is 6.93. The SMILES string of the molecule is CC(C)Oc1ccccc1NC(=O)CN1CCCC1. The van der Waals surface area contributed by atoms with Gasteiger partial charge in [-0.05, 0) is 51.9 Å². The smallest absolute Gasteiger partial charge is 0.238 e. The van der Waals surface area contributed by atoms with Gasteiger partial charge in [-0.2, -0.15) is 0 Å². The number of hydrogen-bond donors (Lipinski definition) is 1. The van der Waals surface area contributed by atoms with Gasteiger partial charge < -0.3 is 10.1 Å². The predicted octanol–water partition coefficient (Wildman–Crippen LogP) is 2.51. The van der Waals surface area contributed by atoms with E-state index in [0.29, 0.717) is 6.54 Å². The summed E-state index contributed by atoms with van der Waals surface area (Å²) in [6, 6.07) is 7.57. The number of rotatable bonds is 5. The number of ether oxygens (including phenoxy) is 1. The van der Waals surface area contributed by atoms with Gasteiger partial charge >= 0.3 is 0 Å². The fourth-order valence-corrected chi connectivity index (χ4v) is 2.26. The zero-order valence-corrected chi connectivity index (χ0v) is 11.7. The second-order valence-corrected chi connectivity index (χ2v) is 5.19. The molecule has 104 valence electrons. The number of nitrogens with zero attached hydrogens (tertiary/aromatic N) is 1. The summed E-state index contributed by atoms with van der Waals surface area (Å²) in [4.78, 5) is 14.2. The van der Waals surface area contributed by atoms with E-state index in [0.717, 1.165) is 24.5 Å². The molecule has 1 N–H and O–H groups in total. The molecular formula is C15H22N2O2. The highest BCUT2D eigenvalue weighted by atomic mass is 16.5. The molecule has 0 saturated carbocycles. The summed E-state index contributed by atoms with van der Waals surface area (Å²) >= 11 is 0. The summed E-state index contributed by atoms with van der Waals surface area (Å²) in [5.41, 5.74) is 0.750. The normalized spacial score (nSPS) is 15.7. The Kier molecular flexibility index (Phi) is 4.80. The minimum atomic E-state index is 0.0294. The van der Waals surface area contributed by atoms with Crippen LogP contribution in [0, 0.1) is 0 Å². The summed E-state index contributed by atoms with van der Waals surface area (Å²) < 4.78 is 5.69. The monoisotopic (exact) mass is 262 g/mol. The lowest BCUT2D eigenvalue weighted by molar-refractivity contribution is -0.117. The van der Waals surface area contributed by atoms with Crippen molar-refractivity contribution in [3.63, 3.8) is 0 Å². The van der Waals surface area contributed by atoms with Gasteiger partial charge in [0.05, 0.1) is 18.3 Å². The second-order valence-electron chi connectivity index (χ2n) is 5.19. The molecule has 0 spiro atoms. The van der Waals surface area contributed by atoms with Crippen LogP contribution >= 0.6 is 0 Å². The number of anilines is 1. The van der Waals surface area contributed by atoms with Gasteiger partial charge in [0.2, 0.25) is 5.91 Å². The third-order valence-electron chi connectivity index (χ3n) is 3.09. The van der Waals surface area contributed by atoms with Crippen LogP contribution < -0.4 is 10.1 Å². The molecule has 0 radical (unpaired) electrons. The van der Waals surface area contributed by atoms with E-state index >= 15 is 0 Å². The van der Waals surface area contributed by atoms with E-state index in [2.05, 4.69) is 10.2 Å². The molecule has 4 nitrogen and oxygen atoms in total. The maximum absolute atomic E-state index is 12.0. The van der Waals surface area contributed by atoms with Crippen LogP contribution in [0.15, 0.2) is 24.3 Å². The van der Waals surface area contributed by atoms with Crippen LogP contribution in [-0.4, -0.2) is 36.5 Å². The third-order valence-corrected chi connectivity index (χ3v) is 3.09. The number of hydrogen-bond acceptors (Lipinski definition) is 3. The lowest BCUT2D eigenvalue weighted by Gasteiger charge is -2.17. The summed E-state index contributed by atoms with van der Waals surface area (Å²) in [5, 5.41) is 2.94. The van der Waals surface area contributed by atoms with Crippen molar-refractivity contribution in [1.29, 1.82) is 0 Å². The van der Waals surface area contributed by atoms with Crippen LogP contribution in [0.1, 0.15) is 26.7 Å². The Bertz CT molecular complexity index is 426. The number of amides is 1. The van der Waals surface area contributed by atoms with Crippen LogP contribution in [-0.2, 0) is 4.79 Å². The Morgan fingerprint density at radius 2 is 2.00 bits per heavy atom. The van der Waals surface area contributed by atoms with Crippen molar-refractivity contribution < 1.29 is 9.53 Å². The molecule has 0 aromatic heterocycles. The van der Waals surface area contributed by atoms with E-state index in [4.69, 9.17) is 4.74 Å². The van der Waals surface area contributed by atoms with Gasteiger partial charge in [0, 0.05) is 0 Å². The molecule has 1 aliphatic heterocycles. The molecule has 1 amide bonds. The molecule has 0 atom stereocenters. The van der Waals surface area contributed by atoms with Gasteiger partial charge in [-0.1, -0.05) is 12.1 Å². The summed E-state index contributed by atoms with van der Waals surface area (Å²) in [6.07, 6.45) is 2.48. The highest BCUT2D eigenvalue weighted by Crippen LogP contribution is 2.24. The van der Waals surface area contributed by atoms with Crippen molar-refractivity contribution in [2.45, 2.75) is 32.8 Å². The lowest BCUT2D eigenvalue weighted by Crippen LogP contribution is -2.31. The number of carbonyl (C=O) groups is 1. The van der Waals surface area contributed by atoms with Gasteiger partial charge in [0.15, 0.2) is 0 Å². The minimum absolute atomic E-state index is 0.0294. The Labute approximate surface area is 114 Å². The van der Waals surface area contributed by atoms with E-state index < -0.39 is 0 Å². The molecular weight excluding hydrogens is 240 g/mol. The maximum Gasteiger partial charge on any atom is 0.238 e. The van der Waals surface area contributed by atoms with E-state index in [1.54, 1.807) is 0 Å². The van der Waals surface area contributed by atoms with E-state index in [9.17, 15) is 4.79 Å². The molecule has 4 heteroatoms. The first-order chi connectivity index (χ1) is 9.15. The zero-order chi connectivity index (χ0) is 13.7. The third kappa shape index (κ3) is 4.24. The first kappa shape index (κ1) is 13.9. The summed E-state index contributed by atoms with van der Waals surface area (Å²) in [7, 11) is 0. The number of likely N-dealkylation sites (tertiary alicyclic amines) is 1. The zero-order valence-electron chi connectivity index (χ0n) is 11.7. The molecule has 1 saturated heterocycles. The van der Waals surface area contributed by atoms with Crippen molar-refractivity contribution in [1.82, 2.24) is 4.90 Å². The first-order valence-corrected chi connectivity index (χ1v) is 6.93. The fraction of sp³-hybridized carbons (Fsp3) is 0.533. The molecule has 1 aromatic rings. The Balaban J connectivity index is 1.95. The summed E-state index contributed by atoms with van der Waals surface area (Å²) in [6.45, 7) is 6.47. The van der Waals surface area contributed by atoms with Gasteiger partial charge in [-0.25, -0.2) is 0 Å². The van der Waals surface area contributed by atoms with Crippen molar-refractivity contribution in [3.8, 4) is 5.75 Å². The van der Waals surface area contributed by atoms with E-state index in [1.165, 1.54) is 12.8 Å². The standard InChI is InChI=1S/C15H22N2O2/c1-12(2)19-14-8-4-3-7-13(14)16-15(18)11-17-9-5-6-10-17/h3-4,7-8,12H,5-6,9-11H2,1-2H3,(H,16,18). The van der Waals surface area contributed by atoms with Gasteiger partial charge in [-0.3, -0.25) is 9.69 Å². The van der Waals surface area contributed by atoms with Crippen LogP contribution in [0.25, 0.3) is 0 Å². The number of benzene rings is 1. The quantitative estimate of drug-likeness (QED) is 0.886. The van der Waals surface area contributed by atoms with Crippen LogP contribution in [0.4, 0.5) is 5.69 Å². The van der Waals surface area contributed by atoms with E-state index in [-0.39, 0.29) is 12.0 Å². The average Bonchev–Trinajstić information content (AvgIpc) is 2.83.